The molecule has 0 bridgehead atoms. The van der Waals surface area contributed by atoms with Gasteiger partial charge in [0.15, 0.2) is 6.61 Å². The number of benzene rings is 2. The van der Waals surface area contributed by atoms with Gasteiger partial charge >= 0.3 is 5.97 Å². The minimum absolute atomic E-state index is 0.0283. The van der Waals surface area contributed by atoms with Crippen LogP contribution < -0.4 is 5.32 Å². The number of anilines is 1. The van der Waals surface area contributed by atoms with Crippen LogP contribution in [-0.2, 0) is 9.53 Å². The van der Waals surface area contributed by atoms with E-state index in [0.717, 1.165) is 0 Å². The van der Waals surface area contributed by atoms with Crippen LogP contribution in [0.4, 0.5) is 5.69 Å². The van der Waals surface area contributed by atoms with Crippen molar-refractivity contribution in [2.45, 2.75) is 0 Å². The number of rotatable bonds is 4. The van der Waals surface area contributed by atoms with Gasteiger partial charge in [0.05, 0.1) is 20.6 Å². The van der Waals surface area contributed by atoms with Gasteiger partial charge in [-0.2, -0.15) is 0 Å². The maximum absolute atomic E-state index is 12.0. The Balaban J connectivity index is 1.99. The average Bonchev–Trinajstić information content (AvgIpc) is 2.49. The van der Waals surface area contributed by atoms with Gasteiger partial charge in [-0.05, 0) is 30.3 Å². The Kier molecular flexibility index (Phi) is 6.13. The summed E-state index contributed by atoms with van der Waals surface area (Å²) in [4.78, 5) is 23.8. The molecule has 1 amide bonds. The lowest BCUT2D eigenvalue weighted by atomic mass is 10.2. The average molecular weight is 393 g/mol. The van der Waals surface area contributed by atoms with Gasteiger partial charge in [-0.15, -0.1) is 0 Å². The van der Waals surface area contributed by atoms with E-state index < -0.39 is 18.5 Å². The normalized spacial score (nSPS) is 10.3. The van der Waals surface area contributed by atoms with E-state index in [2.05, 4.69) is 5.32 Å². The fourth-order valence-corrected chi connectivity index (χ4v) is 2.55. The first-order valence-corrected chi connectivity index (χ1v) is 7.75. The summed E-state index contributed by atoms with van der Waals surface area (Å²) in [7, 11) is 0. The van der Waals surface area contributed by atoms with Crippen LogP contribution in [0.2, 0.25) is 20.1 Å². The molecule has 120 valence electrons. The molecule has 8 heteroatoms. The second-order valence-electron chi connectivity index (χ2n) is 4.35. The van der Waals surface area contributed by atoms with Gasteiger partial charge in [-0.1, -0.05) is 52.5 Å². The van der Waals surface area contributed by atoms with Crippen molar-refractivity contribution in [3.05, 3.63) is 62.1 Å². The molecule has 2 aromatic carbocycles. The first-order valence-electron chi connectivity index (χ1n) is 6.24. The van der Waals surface area contributed by atoms with Gasteiger partial charge in [-0.25, -0.2) is 4.79 Å². The van der Waals surface area contributed by atoms with Crippen molar-refractivity contribution in [2.75, 3.05) is 11.9 Å². The summed E-state index contributed by atoms with van der Waals surface area (Å²) < 4.78 is 4.90. The largest absolute Gasteiger partial charge is 0.452 e. The molecule has 0 heterocycles. The molecule has 2 rings (SSSR count). The highest BCUT2D eigenvalue weighted by Crippen LogP contribution is 2.31. The molecule has 1 N–H and O–H groups in total. The highest BCUT2D eigenvalue weighted by molar-refractivity contribution is 6.46. The molecule has 0 fully saturated rings. The van der Waals surface area contributed by atoms with Crippen LogP contribution in [0.15, 0.2) is 36.4 Å². The third-order valence-electron chi connectivity index (χ3n) is 2.69. The fourth-order valence-electron chi connectivity index (χ4n) is 1.68. The lowest BCUT2D eigenvalue weighted by Gasteiger charge is -2.09. The number of carbonyl (C=O) groups is 2. The summed E-state index contributed by atoms with van der Waals surface area (Å²) in [5, 5.41) is 3.22. The topological polar surface area (TPSA) is 55.4 Å². The maximum atomic E-state index is 12.0. The third kappa shape index (κ3) is 4.75. The molecule has 0 aromatic heterocycles. The smallest absolute Gasteiger partial charge is 0.341 e. The van der Waals surface area contributed by atoms with Crippen molar-refractivity contribution in [1.29, 1.82) is 0 Å². The van der Waals surface area contributed by atoms with Crippen molar-refractivity contribution in [1.82, 2.24) is 0 Å². The Labute approximate surface area is 152 Å². The predicted octanol–water partition coefficient (Wildman–Crippen LogP) is 5.10. The van der Waals surface area contributed by atoms with E-state index in [-0.39, 0.29) is 20.6 Å². The van der Waals surface area contributed by atoms with E-state index in [4.69, 9.17) is 51.1 Å². The van der Waals surface area contributed by atoms with Gasteiger partial charge < -0.3 is 10.1 Å². The number of hydrogen-bond acceptors (Lipinski definition) is 3. The van der Waals surface area contributed by atoms with E-state index in [1.54, 1.807) is 24.3 Å². The molecule has 0 radical (unpaired) electrons. The summed E-state index contributed by atoms with van der Waals surface area (Å²) in [5.74, 6) is -1.38. The van der Waals surface area contributed by atoms with Gasteiger partial charge in [0.1, 0.15) is 0 Å². The molecule has 0 atom stereocenters. The monoisotopic (exact) mass is 391 g/mol. The van der Waals surface area contributed by atoms with E-state index >= 15 is 0 Å². The summed E-state index contributed by atoms with van der Waals surface area (Å²) >= 11 is 23.5. The third-order valence-corrected chi connectivity index (χ3v) is 4.05. The Morgan fingerprint density at radius 2 is 1.70 bits per heavy atom. The van der Waals surface area contributed by atoms with Crippen molar-refractivity contribution < 1.29 is 14.3 Å². The van der Waals surface area contributed by atoms with Crippen molar-refractivity contribution in [3.63, 3.8) is 0 Å². The molecule has 0 aliphatic heterocycles. The highest BCUT2D eigenvalue weighted by Gasteiger charge is 2.19. The predicted molar refractivity (Wildman–Crippen MR) is 91.8 cm³/mol. The molecular weight excluding hydrogens is 384 g/mol. The zero-order chi connectivity index (χ0) is 17.0. The number of nitrogens with one attached hydrogen (secondary N) is 1. The Hall–Kier alpha value is -1.46. The summed E-state index contributed by atoms with van der Waals surface area (Å²) in [5.41, 5.74) is 0.397. The van der Waals surface area contributed by atoms with Crippen LogP contribution in [0.25, 0.3) is 0 Å². The number of ether oxygens (including phenoxy) is 1. The molecule has 0 spiro atoms. The van der Waals surface area contributed by atoms with Crippen LogP contribution in [0.5, 0.6) is 0 Å². The first-order chi connectivity index (χ1) is 10.9. The van der Waals surface area contributed by atoms with E-state index in [9.17, 15) is 9.59 Å². The molecule has 4 nitrogen and oxygen atoms in total. The number of amides is 1. The minimum Gasteiger partial charge on any atom is -0.452 e. The number of esters is 1. The fraction of sp³-hybridized carbons (Fsp3) is 0.0667. The first kappa shape index (κ1) is 17.9. The zero-order valence-corrected chi connectivity index (χ0v) is 14.4. The second kappa shape index (κ2) is 7.88. The number of halogens is 4. The Morgan fingerprint density at radius 3 is 2.39 bits per heavy atom. The highest BCUT2D eigenvalue weighted by atomic mass is 35.5. The van der Waals surface area contributed by atoms with Crippen molar-refractivity contribution >= 4 is 64.0 Å². The standard InChI is InChI=1S/C15H9Cl4NO3/c16-8-2-1-3-9(6-8)20-12(21)7-23-15(22)13-10(17)4-5-11(18)14(13)19/h1-6H,7H2,(H,20,21). The van der Waals surface area contributed by atoms with Crippen LogP contribution in [-0.4, -0.2) is 18.5 Å². The minimum atomic E-state index is -0.844. The van der Waals surface area contributed by atoms with Gasteiger partial charge in [-0.3, -0.25) is 4.79 Å². The van der Waals surface area contributed by atoms with Gasteiger partial charge in [0, 0.05) is 10.7 Å². The van der Waals surface area contributed by atoms with Crippen LogP contribution >= 0.6 is 46.4 Å². The summed E-state index contributed by atoms with van der Waals surface area (Å²) in [6.07, 6.45) is 0. The van der Waals surface area contributed by atoms with E-state index in [1.807, 2.05) is 0 Å². The number of carbonyl (C=O) groups excluding carboxylic acids is 2. The van der Waals surface area contributed by atoms with E-state index in [0.29, 0.717) is 10.7 Å². The Bertz CT molecular complexity index is 764. The SMILES string of the molecule is O=C(COC(=O)c1c(Cl)ccc(Cl)c1Cl)Nc1cccc(Cl)c1. The molecule has 23 heavy (non-hydrogen) atoms. The van der Waals surface area contributed by atoms with Gasteiger partial charge in [0.25, 0.3) is 5.91 Å². The second-order valence-corrected chi connectivity index (χ2v) is 5.98. The van der Waals surface area contributed by atoms with Crippen molar-refractivity contribution in [3.8, 4) is 0 Å². The number of hydrogen-bond donors (Lipinski definition) is 1. The van der Waals surface area contributed by atoms with Crippen molar-refractivity contribution in [2.24, 2.45) is 0 Å². The zero-order valence-electron chi connectivity index (χ0n) is 11.4. The molecule has 0 saturated heterocycles. The molecule has 0 unspecified atom stereocenters. The molecule has 2 aromatic rings. The lowest BCUT2D eigenvalue weighted by molar-refractivity contribution is -0.119. The molecule has 0 aliphatic rings. The summed E-state index contributed by atoms with van der Waals surface area (Å²) in [6.45, 7) is -0.509. The van der Waals surface area contributed by atoms with Crippen LogP contribution in [0, 0.1) is 0 Å². The molecule has 0 saturated carbocycles. The van der Waals surface area contributed by atoms with Crippen LogP contribution in [0.3, 0.4) is 0 Å². The molecular formula is C15H9Cl4NO3. The summed E-state index contributed by atoms with van der Waals surface area (Å²) in [6, 6.07) is 9.42. The molecule has 0 aliphatic carbocycles. The van der Waals surface area contributed by atoms with Gasteiger partial charge in [0.2, 0.25) is 0 Å². The van der Waals surface area contributed by atoms with Crippen LogP contribution in [0.1, 0.15) is 10.4 Å². The maximum Gasteiger partial charge on any atom is 0.341 e. The Morgan fingerprint density at radius 1 is 1.00 bits per heavy atom. The lowest BCUT2D eigenvalue weighted by Crippen LogP contribution is -2.21. The quantitative estimate of drug-likeness (QED) is 0.581. The van der Waals surface area contributed by atoms with E-state index in [1.165, 1.54) is 12.1 Å².